The summed E-state index contributed by atoms with van der Waals surface area (Å²) >= 11 is 0. The molecule has 0 aliphatic rings. The van der Waals surface area contributed by atoms with Crippen LogP contribution in [0.5, 0.6) is 0 Å². The molecular formula is C4H5FO. The van der Waals surface area contributed by atoms with Crippen molar-refractivity contribution in [3.05, 3.63) is 12.4 Å². The molecule has 0 amide bonds. The van der Waals surface area contributed by atoms with Gasteiger partial charge in [-0.2, -0.15) is 0 Å². The van der Waals surface area contributed by atoms with Crippen molar-refractivity contribution in [2.24, 2.45) is 0 Å². The number of ketones is 1. The van der Waals surface area contributed by atoms with Crippen molar-refractivity contribution in [2.45, 2.75) is 6.92 Å². The molecule has 0 bridgehead atoms. The number of carbonyl (C=O) groups is 1. The summed E-state index contributed by atoms with van der Waals surface area (Å²) in [6, 6.07) is 0. The van der Waals surface area contributed by atoms with Crippen LogP contribution in [-0.4, -0.2) is 5.78 Å². The molecule has 0 aliphatic heterocycles. The number of rotatable bonds is 1. The van der Waals surface area contributed by atoms with E-state index in [1.165, 1.54) is 6.92 Å². The van der Waals surface area contributed by atoms with Crippen LogP contribution in [0.25, 0.3) is 0 Å². The fourth-order valence-electron chi connectivity index (χ4n) is 0.0887. The Morgan fingerprint density at radius 1 is 1.83 bits per heavy atom. The minimum absolute atomic E-state index is 0.225. The molecule has 34 valence electrons. The van der Waals surface area contributed by atoms with Gasteiger partial charge in [0.1, 0.15) is 0 Å². The summed E-state index contributed by atoms with van der Waals surface area (Å²) < 4.78 is 10.8. The maximum Gasteiger partial charge on any atom is 0.154 e. The highest BCUT2D eigenvalue weighted by Crippen LogP contribution is 1.72. The van der Waals surface area contributed by atoms with Crippen LogP contribution >= 0.6 is 0 Å². The standard InChI is InChI=1S/C4H5FO/c1-4(6)2-3-5/h2-3H,1H3. The molecule has 0 spiro atoms. The first kappa shape index (κ1) is 5.34. The van der Waals surface area contributed by atoms with Gasteiger partial charge in [-0.3, -0.25) is 4.79 Å². The van der Waals surface area contributed by atoms with Crippen molar-refractivity contribution in [1.82, 2.24) is 0 Å². The molecule has 1 nitrogen and oxygen atoms in total. The molecule has 0 saturated carbocycles. The molecule has 2 heteroatoms. The van der Waals surface area contributed by atoms with E-state index in [-0.39, 0.29) is 12.1 Å². The van der Waals surface area contributed by atoms with Crippen LogP contribution < -0.4 is 0 Å². The van der Waals surface area contributed by atoms with Crippen LogP contribution in [0, 0.1) is 0 Å². The first-order valence-electron chi connectivity index (χ1n) is 1.54. The van der Waals surface area contributed by atoms with Gasteiger partial charge in [0.25, 0.3) is 0 Å². The van der Waals surface area contributed by atoms with E-state index in [0.717, 1.165) is 6.08 Å². The summed E-state index contributed by atoms with van der Waals surface area (Å²) in [5.41, 5.74) is 0. The quantitative estimate of drug-likeness (QED) is 0.438. The summed E-state index contributed by atoms with van der Waals surface area (Å²) in [6.45, 7) is 1.29. The van der Waals surface area contributed by atoms with E-state index in [0.29, 0.717) is 0 Å². The molecule has 0 radical (unpaired) electrons. The third kappa shape index (κ3) is 3.34. The molecular weight excluding hydrogens is 83.0 g/mol. The monoisotopic (exact) mass is 88.0 g/mol. The highest BCUT2D eigenvalue weighted by molar-refractivity contribution is 5.86. The fourth-order valence-corrected chi connectivity index (χ4v) is 0.0887. The second-order valence-electron chi connectivity index (χ2n) is 0.903. The Morgan fingerprint density at radius 3 is 2.33 bits per heavy atom. The van der Waals surface area contributed by atoms with Crippen molar-refractivity contribution >= 4 is 5.78 Å². The van der Waals surface area contributed by atoms with Crippen LogP contribution in [0.3, 0.4) is 0 Å². The molecule has 0 atom stereocenters. The Morgan fingerprint density at radius 2 is 2.33 bits per heavy atom. The topological polar surface area (TPSA) is 17.1 Å². The van der Waals surface area contributed by atoms with E-state index in [4.69, 9.17) is 0 Å². The van der Waals surface area contributed by atoms with Gasteiger partial charge in [-0.15, -0.1) is 0 Å². The van der Waals surface area contributed by atoms with Gasteiger partial charge in [0.15, 0.2) is 5.78 Å². The Hall–Kier alpha value is -0.660. The van der Waals surface area contributed by atoms with Crippen molar-refractivity contribution in [3.8, 4) is 0 Å². The van der Waals surface area contributed by atoms with E-state index in [1.54, 1.807) is 0 Å². The molecule has 0 rings (SSSR count). The van der Waals surface area contributed by atoms with Crippen LogP contribution in [0.15, 0.2) is 12.4 Å². The molecule has 0 aromatic heterocycles. The summed E-state index contributed by atoms with van der Waals surface area (Å²) in [5, 5.41) is 0. The Kier molecular flexibility index (Phi) is 2.29. The number of hydrogen-bond acceptors (Lipinski definition) is 1. The zero-order valence-corrected chi connectivity index (χ0v) is 3.44. The van der Waals surface area contributed by atoms with Crippen molar-refractivity contribution in [1.29, 1.82) is 0 Å². The van der Waals surface area contributed by atoms with Crippen molar-refractivity contribution in [3.63, 3.8) is 0 Å². The SMILES string of the molecule is CC(=O)C=CF. The molecule has 0 unspecified atom stereocenters. The van der Waals surface area contributed by atoms with Crippen LogP contribution in [-0.2, 0) is 4.79 Å². The van der Waals surface area contributed by atoms with E-state index in [1.807, 2.05) is 0 Å². The van der Waals surface area contributed by atoms with Gasteiger partial charge >= 0.3 is 0 Å². The zero-order chi connectivity index (χ0) is 4.99. The number of allylic oxidation sites excluding steroid dienone is 1. The maximum absolute atomic E-state index is 10.8. The molecule has 6 heavy (non-hydrogen) atoms. The molecule has 0 fully saturated rings. The van der Waals surface area contributed by atoms with E-state index in [2.05, 4.69) is 0 Å². The smallest absolute Gasteiger partial charge is 0.154 e. The van der Waals surface area contributed by atoms with Gasteiger partial charge in [0.2, 0.25) is 0 Å². The first-order chi connectivity index (χ1) is 2.77. The molecule has 0 aromatic rings. The second kappa shape index (κ2) is 2.57. The molecule has 0 heterocycles. The largest absolute Gasteiger partial charge is 0.295 e. The molecule has 0 saturated heterocycles. The van der Waals surface area contributed by atoms with Gasteiger partial charge in [0.05, 0.1) is 6.33 Å². The Bertz CT molecular complexity index is 75.6. The summed E-state index contributed by atoms with van der Waals surface area (Å²) in [6.07, 6.45) is 1.09. The van der Waals surface area contributed by atoms with Gasteiger partial charge in [-0.25, -0.2) is 4.39 Å². The highest BCUT2D eigenvalue weighted by atomic mass is 19.1. The number of halogens is 1. The molecule has 0 aliphatic carbocycles. The average molecular weight is 88.1 g/mol. The highest BCUT2D eigenvalue weighted by Gasteiger charge is 1.75. The van der Waals surface area contributed by atoms with E-state index in [9.17, 15) is 9.18 Å². The predicted octanol–water partition coefficient (Wildman–Crippen LogP) is 1.06. The second-order valence-corrected chi connectivity index (χ2v) is 0.903. The van der Waals surface area contributed by atoms with Crippen LogP contribution in [0.2, 0.25) is 0 Å². The number of carbonyl (C=O) groups excluding carboxylic acids is 1. The van der Waals surface area contributed by atoms with Crippen molar-refractivity contribution in [2.75, 3.05) is 0 Å². The van der Waals surface area contributed by atoms with Gasteiger partial charge in [0, 0.05) is 6.08 Å². The fraction of sp³-hybridized carbons (Fsp3) is 0.250. The van der Waals surface area contributed by atoms with Crippen LogP contribution in [0.4, 0.5) is 4.39 Å². The van der Waals surface area contributed by atoms with Gasteiger partial charge in [-0.1, -0.05) is 0 Å². The third-order valence-corrected chi connectivity index (χ3v) is 0.298. The summed E-state index contributed by atoms with van der Waals surface area (Å²) in [5.74, 6) is -0.266. The lowest BCUT2D eigenvalue weighted by molar-refractivity contribution is -0.112. The lowest BCUT2D eigenvalue weighted by Gasteiger charge is -1.66. The zero-order valence-electron chi connectivity index (χ0n) is 3.44. The lowest BCUT2D eigenvalue weighted by Crippen LogP contribution is -1.75. The Balaban J connectivity index is 3.30. The molecule has 0 N–H and O–H groups in total. The normalized spacial score (nSPS) is 9.67. The third-order valence-electron chi connectivity index (χ3n) is 0.298. The first-order valence-corrected chi connectivity index (χ1v) is 1.54. The average Bonchev–Trinajstić information content (AvgIpc) is 1.35. The van der Waals surface area contributed by atoms with E-state index >= 15 is 0 Å². The van der Waals surface area contributed by atoms with Crippen molar-refractivity contribution < 1.29 is 9.18 Å². The van der Waals surface area contributed by atoms with Crippen LogP contribution in [0.1, 0.15) is 6.92 Å². The lowest BCUT2D eigenvalue weighted by atomic mass is 10.5. The Labute approximate surface area is 35.5 Å². The number of hydrogen-bond donors (Lipinski definition) is 0. The summed E-state index contributed by atoms with van der Waals surface area (Å²) in [4.78, 5) is 9.72. The van der Waals surface area contributed by atoms with Gasteiger partial charge in [-0.05, 0) is 6.92 Å². The predicted molar refractivity (Wildman–Crippen MR) is 20.9 cm³/mol. The van der Waals surface area contributed by atoms with E-state index < -0.39 is 0 Å². The maximum atomic E-state index is 10.8. The van der Waals surface area contributed by atoms with Gasteiger partial charge < -0.3 is 0 Å². The minimum Gasteiger partial charge on any atom is -0.295 e. The molecule has 0 aromatic carbocycles. The minimum atomic E-state index is -0.266. The summed E-state index contributed by atoms with van der Waals surface area (Å²) in [7, 11) is 0.